The van der Waals surface area contributed by atoms with Crippen LogP contribution in [0, 0.1) is 0 Å². The summed E-state index contributed by atoms with van der Waals surface area (Å²) >= 11 is 6.25. The molecule has 2 nitrogen and oxygen atoms in total. The molecule has 0 spiro atoms. The monoisotopic (exact) mass is 288 g/mol. The standard InChI is InChI=1S/C17H17ClO2/c1-12(19)10-13(2)20-17-9-8-15(11-16(17)18)14-6-4-3-5-7-14/h3-9,11,13H,10H2,1-2H3. The second kappa shape index (κ2) is 6.58. The van der Waals surface area contributed by atoms with Crippen LogP contribution in [0.1, 0.15) is 20.3 Å². The Morgan fingerprint density at radius 3 is 2.45 bits per heavy atom. The molecule has 0 saturated heterocycles. The van der Waals surface area contributed by atoms with E-state index in [4.69, 9.17) is 16.3 Å². The summed E-state index contributed by atoms with van der Waals surface area (Å²) in [5.74, 6) is 0.717. The van der Waals surface area contributed by atoms with Crippen LogP contribution in [0.15, 0.2) is 48.5 Å². The predicted octanol–water partition coefficient (Wildman–Crippen LogP) is 4.75. The SMILES string of the molecule is CC(=O)CC(C)Oc1ccc(-c2ccccc2)cc1Cl. The summed E-state index contributed by atoms with van der Waals surface area (Å²) in [4.78, 5) is 11.1. The van der Waals surface area contributed by atoms with E-state index in [2.05, 4.69) is 0 Å². The molecule has 0 radical (unpaired) electrons. The molecule has 0 N–H and O–H groups in total. The fourth-order valence-electron chi connectivity index (χ4n) is 2.07. The predicted molar refractivity (Wildman–Crippen MR) is 82.3 cm³/mol. The minimum absolute atomic E-state index is 0.106. The fraction of sp³-hybridized carbons (Fsp3) is 0.235. The van der Waals surface area contributed by atoms with E-state index in [0.717, 1.165) is 11.1 Å². The van der Waals surface area contributed by atoms with Crippen LogP contribution in [-0.2, 0) is 4.79 Å². The number of Topliss-reactive ketones (excluding diaryl/α,β-unsaturated/α-hetero) is 1. The molecule has 2 aromatic carbocycles. The highest BCUT2D eigenvalue weighted by Crippen LogP contribution is 2.31. The molecule has 3 heteroatoms. The van der Waals surface area contributed by atoms with E-state index >= 15 is 0 Å². The third-order valence-corrected chi connectivity index (χ3v) is 3.24. The minimum Gasteiger partial charge on any atom is -0.489 e. The summed E-state index contributed by atoms with van der Waals surface area (Å²) in [7, 11) is 0. The van der Waals surface area contributed by atoms with Gasteiger partial charge in [-0.3, -0.25) is 4.79 Å². The molecule has 0 saturated carbocycles. The second-order valence-corrected chi connectivity index (χ2v) is 5.25. The van der Waals surface area contributed by atoms with E-state index in [0.29, 0.717) is 17.2 Å². The highest BCUT2D eigenvalue weighted by molar-refractivity contribution is 6.32. The van der Waals surface area contributed by atoms with E-state index in [-0.39, 0.29) is 11.9 Å². The summed E-state index contributed by atoms with van der Waals surface area (Å²) < 4.78 is 5.69. The van der Waals surface area contributed by atoms with Crippen molar-refractivity contribution < 1.29 is 9.53 Å². The van der Waals surface area contributed by atoms with E-state index in [9.17, 15) is 4.79 Å². The molecule has 0 aliphatic rings. The number of ketones is 1. The van der Waals surface area contributed by atoms with Crippen molar-refractivity contribution in [2.45, 2.75) is 26.4 Å². The number of benzene rings is 2. The van der Waals surface area contributed by atoms with Gasteiger partial charge < -0.3 is 4.74 Å². The Morgan fingerprint density at radius 2 is 1.85 bits per heavy atom. The average molecular weight is 289 g/mol. The maximum absolute atomic E-state index is 11.1. The van der Waals surface area contributed by atoms with Crippen LogP contribution in [0.25, 0.3) is 11.1 Å². The lowest BCUT2D eigenvalue weighted by Crippen LogP contribution is -2.15. The van der Waals surface area contributed by atoms with E-state index in [1.54, 1.807) is 6.92 Å². The van der Waals surface area contributed by atoms with Crippen LogP contribution in [0.3, 0.4) is 0 Å². The molecule has 2 rings (SSSR count). The van der Waals surface area contributed by atoms with E-state index in [1.807, 2.05) is 55.5 Å². The molecule has 0 amide bonds. The molecule has 2 aromatic rings. The van der Waals surface area contributed by atoms with Gasteiger partial charge in [0.25, 0.3) is 0 Å². The van der Waals surface area contributed by atoms with Gasteiger partial charge in [0.05, 0.1) is 5.02 Å². The van der Waals surface area contributed by atoms with Crippen molar-refractivity contribution in [3.63, 3.8) is 0 Å². The van der Waals surface area contributed by atoms with Crippen LogP contribution in [0.2, 0.25) is 5.02 Å². The van der Waals surface area contributed by atoms with Gasteiger partial charge in [0.15, 0.2) is 0 Å². The fourth-order valence-corrected chi connectivity index (χ4v) is 2.29. The Kier molecular flexibility index (Phi) is 4.80. The zero-order chi connectivity index (χ0) is 14.5. The number of ether oxygens (including phenoxy) is 1. The first-order valence-electron chi connectivity index (χ1n) is 6.57. The maximum atomic E-state index is 11.1. The number of hydrogen-bond acceptors (Lipinski definition) is 2. The lowest BCUT2D eigenvalue weighted by molar-refractivity contribution is -0.118. The zero-order valence-corrected chi connectivity index (χ0v) is 12.4. The van der Waals surface area contributed by atoms with Crippen LogP contribution >= 0.6 is 11.6 Å². The first kappa shape index (κ1) is 14.6. The molecule has 104 valence electrons. The number of hydrogen-bond donors (Lipinski definition) is 0. The normalized spacial score (nSPS) is 11.9. The average Bonchev–Trinajstić information content (AvgIpc) is 2.41. The van der Waals surface area contributed by atoms with Crippen LogP contribution in [0.4, 0.5) is 0 Å². The van der Waals surface area contributed by atoms with Crippen LogP contribution < -0.4 is 4.74 Å². The van der Waals surface area contributed by atoms with Crippen molar-refractivity contribution in [3.05, 3.63) is 53.6 Å². The van der Waals surface area contributed by atoms with Gasteiger partial charge in [-0.05, 0) is 37.1 Å². The topological polar surface area (TPSA) is 26.3 Å². The van der Waals surface area contributed by atoms with Crippen molar-refractivity contribution in [3.8, 4) is 16.9 Å². The van der Waals surface area contributed by atoms with Crippen LogP contribution in [0.5, 0.6) is 5.75 Å². The smallest absolute Gasteiger partial charge is 0.138 e. The van der Waals surface area contributed by atoms with Crippen molar-refractivity contribution in [2.75, 3.05) is 0 Å². The highest BCUT2D eigenvalue weighted by atomic mass is 35.5. The first-order chi connectivity index (χ1) is 9.56. The van der Waals surface area contributed by atoms with Crippen LogP contribution in [-0.4, -0.2) is 11.9 Å². The van der Waals surface area contributed by atoms with Crippen molar-refractivity contribution in [1.29, 1.82) is 0 Å². The largest absolute Gasteiger partial charge is 0.489 e. The number of rotatable bonds is 5. The summed E-state index contributed by atoms with van der Waals surface area (Å²) in [5.41, 5.74) is 2.15. The Balaban J connectivity index is 2.16. The molecular formula is C17H17ClO2. The molecular weight excluding hydrogens is 272 g/mol. The molecule has 0 bridgehead atoms. The Hall–Kier alpha value is -1.80. The lowest BCUT2D eigenvalue weighted by atomic mass is 10.1. The Labute approximate surface area is 124 Å². The molecule has 0 aromatic heterocycles. The number of carbonyl (C=O) groups excluding carboxylic acids is 1. The van der Waals surface area contributed by atoms with Gasteiger partial charge in [-0.1, -0.05) is 48.0 Å². The molecule has 0 heterocycles. The van der Waals surface area contributed by atoms with Gasteiger partial charge in [0, 0.05) is 6.42 Å². The molecule has 1 atom stereocenters. The van der Waals surface area contributed by atoms with Gasteiger partial charge in [-0.15, -0.1) is 0 Å². The zero-order valence-electron chi connectivity index (χ0n) is 11.6. The quantitative estimate of drug-likeness (QED) is 0.793. The maximum Gasteiger partial charge on any atom is 0.138 e. The lowest BCUT2D eigenvalue weighted by Gasteiger charge is -2.15. The third-order valence-electron chi connectivity index (χ3n) is 2.94. The summed E-state index contributed by atoms with van der Waals surface area (Å²) in [5, 5.41) is 0.557. The van der Waals surface area contributed by atoms with Crippen molar-refractivity contribution in [1.82, 2.24) is 0 Å². The van der Waals surface area contributed by atoms with Crippen molar-refractivity contribution >= 4 is 17.4 Å². The molecule has 0 aliphatic heterocycles. The van der Waals surface area contributed by atoms with Gasteiger partial charge >= 0.3 is 0 Å². The third kappa shape index (κ3) is 3.84. The second-order valence-electron chi connectivity index (χ2n) is 4.85. The molecule has 20 heavy (non-hydrogen) atoms. The first-order valence-corrected chi connectivity index (χ1v) is 6.95. The molecule has 1 unspecified atom stereocenters. The van der Waals surface area contributed by atoms with Gasteiger partial charge in [0.1, 0.15) is 17.6 Å². The number of carbonyl (C=O) groups is 1. The Bertz CT molecular complexity index is 593. The van der Waals surface area contributed by atoms with Gasteiger partial charge in [-0.2, -0.15) is 0 Å². The van der Waals surface area contributed by atoms with E-state index in [1.165, 1.54) is 0 Å². The van der Waals surface area contributed by atoms with Crippen molar-refractivity contribution in [2.24, 2.45) is 0 Å². The summed E-state index contributed by atoms with van der Waals surface area (Å²) in [6, 6.07) is 15.7. The number of halogens is 1. The Morgan fingerprint density at radius 1 is 1.15 bits per heavy atom. The van der Waals surface area contributed by atoms with Gasteiger partial charge in [-0.25, -0.2) is 0 Å². The molecule has 0 aliphatic carbocycles. The van der Waals surface area contributed by atoms with E-state index < -0.39 is 0 Å². The molecule has 0 fully saturated rings. The summed E-state index contributed by atoms with van der Waals surface area (Å²) in [6.45, 7) is 3.42. The highest BCUT2D eigenvalue weighted by Gasteiger charge is 2.10. The van der Waals surface area contributed by atoms with Gasteiger partial charge in [0.2, 0.25) is 0 Å². The summed E-state index contributed by atoms with van der Waals surface area (Å²) in [6.07, 6.45) is 0.212. The minimum atomic E-state index is -0.174.